The van der Waals surface area contributed by atoms with Gasteiger partial charge in [-0.05, 0) is 36.6 Å². The Morgan fingerprint density at radius 2 is 1.90 bits per heavy atom. The van der Waals surface area contributed by atoms with E-state index in [2.05, 4.69) is 5.32 Å². The van der Waals surface area contributed by atoms with Gasteiger partial charge >= 0.3 is 0 Å². The normalized spacial score (nSPS) is 11.9. The van der Waals surface area contributed by atoms with Gasteiger partial charge in [0.15, 0.2) is 0 Å². The predicted octanol–water partition coefficient (Wildman–Crippen LogP) is 4.15. The van der Waals surface area contributed by atoms with Crippen LogP contribution in [0.25, 0.3) is 0 Å². The molecule has 0 spiro atoms. The summed E-state index contributed by atoms with van der Waals surface area (Å²) in [5, 5.41) is 3.68. The number of hydrogen-bond acceptors (Lipinski definition) is 1. The van der Waals surface area contributed by atoms with E-state index in [1.54, 1.807) is 0 Å². The summed E-state index contributed by atoms with van der Waals surface area (Å²) in [5.41, 5.74) is 2.20. The van der Waals surface area contributed by atoms with Crippen molar-refractivity contribution in [2.75, 3.05) is 0 Å². The standard InChI is InChI=1S/C17H18ClNO/c1-13(15-8-5-9-16(18)12-15)19-17(20)11-10-14-6-3-2-4-7-14/h2-9,12-13H,10-11H2,1H3,(H,19,20)/t13-/m0/s1. The van der Waals surface area contributed by atoms with Gasteiger partial charge in [0, 0.05) is 11.4 Å². The number of carbonyl (C=O) groups excluding carboxylic acids is 1. The zero-order valence-corrected chi connectivity index (χ0v) is 12.2. The maximum Gasteiger partial charge on any atom is 0.220 e. The van der Waals surface area contributed by atoms with Crippen molar-refractivity contribution in [1.29, 1.82) is 0 Å². The van der Waals surface area contributed by atoms with Crippen LogP contribution < -0.4 is 5.32 Å². The van der Waals surface area contributed by atoms with E-state index in [0.717, 1.165) is 12.0 Å². The second-order valence-electron chi connectivity index (χ2n) is 4.83. The molecule has 20 heavy (non-hydrogen) atoms. The molecule has 2 aromatic rings. The van der Waals surface area contributed by atoms with Gasteiger partial charge in [-0.1, -0.05) is 54.1 Å². The first-order valence-electron chi connectivity index (χ1n) is 6.74. The Kier molecular flexibility index (Phi) is 5.19. The molecular formula is C17H18ClNO. The second kappa shape index (κ2) is 7.11. The van der Waals surface area contributed by atoms with Crippen molar-refractivity contribution in [2.24, 2.45) is 0 Å². The third-order valence-electron chi connectivity index (χ3n) is 3.21. The third kappa shape index (κ3) is 4.39. The monoisotopic (exact) mass is 287 g/mol. The molecule has 0 aromatic heterocycles. The maximum atomic E-state index is 11.9. The van der Waals surface area contributed by atoms with Crippen LogP contribution >= 0.6 is 11.6 Å². The summed E-state index contributed by atoms with van der Waals surface area (Å²) in [6.07, 6.45) is 1.25. The van der Waals surface area contributed by atoms with Crippen LogP contribution in [0.3, 0.4) is 0 Å². The van der Waals surface area contributed by atoms with E-state index in [0.29, 0.717) is 11.4 Å². The van der Waals surface area contributed by atoms with Crippen LogP contribution in [0.4, 0.5) is 0 Å². The van der Waals surface area contributed by atoms with E-state index in [1.807, 2.05) is 61.5 Å². The van der Waals surface area contributed by atoms with E-state index in [1.165, 1.54) is 5.56 Å². The number of carbonyl (C=O) groups is 1. The van der Waals surface area contributed by atoms with Crippen molar-refractivity contribution in [2.45, 2.75) is 25.8 Å². The van der Waals surface area contributed by atoms with E-state index < -0.39 is 0 Å². The first kappa shape index (κ1) is 14.6. The van der Waals surface area contributed by atoms with Crippen molar-refractivity contribution >= 4 is 17.5 Å². The Morgan fingerprint density at radius 1 is 1.15 bits per heavy atom. The lowest BCUT2D eigenvalue weighted by Gasteiger charge is -2.14. The number of rotatable bonds is 5. The molecular weight excluding hydrogens is 270 g/mol. The molecule has 104 valence electrons. The van der Waals surface area contributed by atoms with Crippen molar-refractivity contribution in [3.8, 4) is 0 Å². The van der Waals surface area contributed by atoms with E-state index in [9.17, 15) is 4.79 Å². The minimum atomic E-state index is -0.0306. The fraction of sp³-hybridized carbons (Fsp3) is 0.235. The van der Waals surface area contributed by atoms with Gasteiger partial charge in [0.2, 0.25) is 5.91 Å². The molecule has 0 unspecified atom stereocenters. The van der Waals surface area contributed by atoms with Crippen LogP contribution in [-0.2, 0) is 11.2 Å². The van der Waals surface area contributed by atoms with Gasteiger partial charge < -0.3 is 5.32 Å². The molecule has 2 aromatic carbocycles. The van der Waals surface area contributed by atoms with Gasteiger partial charge in [-0.2, -0.15) is 0 Å². The van der Waals surface area contributed by atoms with Crippen LogP contribution in [0, 0.1) is 0 Å². The highest BCUT2D eigenvalue weighted by molar-refractivity contribution is 6.30. The van der Waals surface area contributed by atoms with Crippen molar-refractivity contribution in [3.05, 3.63) is 70.7 Å². The highest BCUT2D eigenvalue weighted by Crippen LogP contribution is 2.17. The molecule has 0 aliphatic carbocycles. The van der Waals surface area contributed by atoms with Gasteiger partial charge in [0.1, 0.15) is 0 Å². The Labute approximate surface area is 124 Å². The molecule has 2 nitrogen and oxygen atoms in total. The van der Waals surface area contributed by atoms with Gasteiger partial charge in [0.25, 0.3) is 0 Å². The van der Waals surface area contributed by atoms with Crippen LogP contribution in [0.15, 0.2) is 54.6 Å². The molecule has 2 rings (SSSR count). The number of aryl methyl sites for hydroxylation is 1. The van der Waals surface area contributed by atoms with Crippen molar-refractivity contribution in [3.63, 3.8) is 0 Å². The number of hydrogen-bond donors (Lipinski definition) is 1. The molecule has 1 amide bonds. The number of amides is 1. The second-order valence-corrected chi connectivity index (χ2v) is 5.27. The summed E-state index contributed by atoms with van der Waals surface area (Å²) in [7, 11) is 0. The fourth-order valence-electron chi connectivity index (χ4n) is 2.08. The van der Waals surface area contributed by atoms with Crippen LogP contribution in [-0.4, -0.2) is 5.91 Å². The Hall–Kier alpha value is -1.80. The summed E-state index contributed by atoms with van der Waals surface area (Å²) in [6, 6.07) is 17.6. The first-order valence-corrected chi connectivity index (χ1v) is 7.11. The summed E-state index contributed by atoms with van der Waals surface area (Å²) in [4.78, 5) is 11.9. The molecule has 0 saturated carbocycles. The third-order valence-corrected chi connectivity index (χ3v) is 3.44. The molecule has 0 heterocycles. The quantitative estimate of drug-likeness (QED) is 0.879. The number of halogens is 1. The molecule has 0 aliphatic heterocycles. The molecule has 0 fully saturated rings. The summed E-state index contributed by atoms with van der Waals surface area (Å²) in [5.74, 6) is 0.0568. The Bertz CT molecular complexity index is 568. The van der Waals surface area contributed by atoms with Crippen LogP contribution in [0.1, 0.15) is 30.5 Å². The van der Waals surface area contributed by atoms with Gasteiger partial charge in [0.05, 0.1) is 6.04 Å². The Balaban J connectivity index is 1.85. The van der Waals surface area contributed by atoms with Gasteiger partial charge in [-0.25, -0.2) is 0 Å². The minimum absolute atomic E-state index is 0.0306. The fourth-order valence-corrected chi connectivity index (χ4v) is 2.27. The molecule has 1 N–H and O–H groups in total. The minimum Gasteiger partial charge on any atom is -0.350 e. The molecule has 0 radical (unpaired) electrons. The van der Waals surface area contributed by atoms with Crippen LogP contribution in [0.5, 0.6) is 0 Å². The average Bonchev–Trinajstić information content (AvgIpc) is 2.46. The SMILES string of the molecule is C[C@H](NC(=O)CCc1ccccc1)c1cccc(Cl)c1. The van der Waals surface area contributed by atoms with E-state index in [4.69, 9.17) is 11.6 Å². The van der Waals surface area contributed by atoms with Crippen molar-refractivity contribution in [1.82, 2.24) is 5.32 Å². The lowest BCUT2D eigenvalue weighted by molar-refractivity contribution is -0.121. The van der Waals surface area contributed by atoms with Crippen molar-refractivity contribution < 1.29 is 4.79 Å². The number of benzene rings is 2. The average molecular weight is 288 g/mol. The molecule has 0 aliphatic rings. The molecule has 0 saturated heterocycles. The topological polar surface area (TPSA) is 29.1 Å². The van der Waals surface area contributed by atoms with Gasteiger partial charge in [-0.15, -0.1) is 0 Å². The zero-order valence-electron chi connectivity index (χ0n) is 11.5. The maximum absolute atomic E-state index is 11.9. The lowest BCUT2D eigenvalue weighted by atomic mass is 10.1. The van der Waals surface area contributed by atoms with E-state index >= 15 is 0 Å². The highest BCUT2D eigenvalue weighted by Gasteiger charge is 2.09. The van der Waals surface area contributed by atoms with Gasteiger partial charge in [-0.3, -0.25) is 4.79 Å². The molecule has 0 bridgehead atoms. The van der Waals surface area contributed by atoms with E-state index in [-0.39, 0.29) is 11.9 Å². The largest absolute Gasteiger partial charge is 0.350 e. The predicted molar refractivity (Wildman–Crippen MR) is 82.8 cm³/mol. The summed E-state index contributed by atoms with van der Waals surface area (Å²) >= 11 is 5.95. The molecule has 1 atom stereocenters. The first-order chi connectivity index (χ1) is 9.65. The summed E-state index contributed by atoms with van der Waals surface area (Å²) in [6.45, 7) is 1.96. The summed E-state index contributed by atoms with van der Waals surface area (Å²) < 4.78 is 0. The zero-order chi connectivity index (χ0) is 14.4. The number of nitrogens with one attached hydrogen (secondary N) is 1. The molecule has 3 heteroatoms. The van der Waals surface area contributed by atoms with Crippen LogP contribution in [0.2, 0.25) is 5.02 Å². The Morgan fingerprint density at radius 3 is 2.60 bits per heavy atom. The lowest BCUT2D eigenvalue weighted by Crippen LogP contribution is -2.26. The highest BCUT2D eigenvalue weighted by atomic mass is 35.5. The smallest absolute Gasteiger partial charge is 0.220 e.